The zero-order chi connectivity index (χ0) is 10.9. The average molecular weight is 225 g/mol. The maximum absolute atomic E-state index is 5.01. The summed E-state index contributed by atoms with van der Waals surface area (Å²) in [6, 6.07) is 8.70. The molecule has 1 N–H and O–H groups in total. The summed E-state index contributed by atoms with van der Waals surface area (Å²) in [6.07, 6.45) is 0. The fraction of sp³-hybridized carbons (Fsp3) is 0.500. The van der Waals surface area contributed by atoms with Crippen LogP contribution in [0.4, 0.5) is 0 Å². The summed E-state index contributed by atoms with van der Waals surface area (Å²) in [7, 11) is 1.74. The zero-order valence-electron chi connectivity index (χ0n) is 9.45. The van der Waals surface area contributed by atoms with Crippen LogP contribution in [-0.4, -0.2) is 26.0 Å². The van der Waals surface area contributed by atoms with Crippen molar-refractivity contribution < 1.29 is 4.74 Å². The Balaban J connectivity index is 2.35. The minimum absolute atomic E-state index is 0.809. The van der Waals surface area contributed by atoms with Crippen LogP contribution in [0, 0.1) is 0 Å². The molecule has 0 saturated heterocycles. The van der Waals surface area contributed by atoms with Crippen molar-refractivity contribution in [2.75, 3.05) is 26.0 Å². The maximum atomic E-state index is 5.01. The Morgan fingerprint density at radius 1 is 1.27 bits per heavy atom. The Hall–Kier alpha value is -0.510. The molecule has 1 aromatic rings. The summed E-state index contributed by atoms with van der Waals surface area (Å²) in [4.78, 5) is 1.31. The van der Waals surface area contributed by atoms with E-state index >= 15 is 0 Å². The Labute approximate surface area is 96.4 Å². The second-order valence-corrected chi connectivity index (χ2v) is 4.43. The van der Waals surface area contributed by atoms with E-state index in [1.165, 1.54) is 10.5 Å². The van der Waals surface area contributed by atoms with Crippen molar-refractivity contribution in [2.24, 2.45) is 0 Å². The van der Waals surface area contributed by atoms with Crippen LogP contribution < -0.4 is 5.32 Å². The van der Waals surface area contributed by atoms with E-state index in [0.717, 1.165) is 25.4 Å². The van der Waals surface area contributed by atoms with Crippen LogP contribution in [0.5, 0.6) is 0 Å². The molecule has 0 fully saturated rings. The highest BCUT2D eigenvalue weighted by Gasteiger charge is 1.95. The molecule has 2 nitrogen and oxygen atoms in total. The van der Waals surface area contributed by atoms with Crippen LogP contribution in [-0.2, 0) is 11.3 Å². The van der Waals surface area contributed by atoms with E-state index in [2.05, 4.69) is 36.5 Å². The number of thioether (sulfide) groups is 1. The smallest absolute Gasteiger partial charge is 0.0556 e. The monoisotopic (exact) mass is 225 g/mol. The highest BCUT2D eigenvalue weighted by atomic mass is 32.2. The van der Waals surface area contributed by atoms with Gasteiger partial charge in [-0.3, -0.25) is 0 Å². The van der Waals surface area contributed by atoms with Crippen molar-refractivity contribution in [1.82, 2.24) is 5.32 Å². The molecule has 0 aliphatic rings. The van der Waals surface area contributed by atoms with Crippen molar-refractivity contribution in [1.29, 1.82) is 0 Å². The van der Waals surface area contributed by atoms with Gasteiger partial charge in [0.15, 0.2) is 0 Å². The molecule has 15 heavy (non-hydrogen) atoms. The molecule has 0 radical (unpaired) electrons. The van der Waals surface area contributed by atoms with E-state index in [1.54, 1.807) is 7.11 Å². The van der Waals surface area contributed by atoms with Gasteiger partial charge in [-0.1, -0.05) is 19.1 Å². The van der Waals surface area contributed by atoms with Crippen molar-refractivity contribution in [3.63, 3.8) is 0 Å². The van der Waals surface area contributed by atoms with E-state index in [0.29, 0.717) is 0 Å². The number of nitrogens with one attached hydrogen (secondary N) is 1. The first-order valence-corrected chi connectivity index (χ1v) is 6.26. The van der Waals surface area contributed by atoms with Crippen molar-refractivity contribution >= 4 is 11.8 Å². The van der Waals surface area contributed by atoms with Gasteiger partial charge in [0.2, 0.25) is 0 Å². The molecule has 0 atom stereocenters. The van der Waals surface area contributed by atoms with E-state index in [1.807, 2.05) is 11.8 Å². The van der Waals surface area contributed by atoms with Crippen LogP contribution in [0.2, 0.25) is 0 Å². The topological polar surface area (TPSA) is 21.3 Å². The van der Waals surface area contributed by atoms with Crippen LogP contribution >= 0.6 is 11.8 Å². The van der Waals surface area contributed by atoms with Gasteiger partial charge in [0, 0.05) is 24.3 Å². The molecule has 1 aromatic carbocycles. The second kappa shape index (κ2) is 7.74. The van der Waals surface area contributed by atoms with E-state index < -0.39 is 0 Å². The summed E-state index contributed by atoms with van der Waals surface area (Å²) in [5.74, 6) is 1.02. The second-order valence-electron chi connectivity index (χ2n) is 3.27. The SMILES string of the molecule is CCNCc1ccc(SCCOC)cc1. The molecule has 0 bridgehead atoms. The fourth-order valence-electron chi connectivity index (χ4n) is 1.22. The molecule has 0 aromatic heterocycles. The molecule has 84 valence electrons. The third kappa shape index (κ3) is 5.21. The minimum Gasteiger partial charge on any atom is -0.384 e. The van der Waals surface area contributed by atoms with Gasteiger partial charge in [-0.2, -0.15) is 0 Å². The van der Waals surface area contributed by atoms with Gasteiger partial charge in [0.25, 0.3) is 0 Å². The lowest BCUT2D eigenvalue weighted by molar-refractivity contribution is 0.218. The summed E-state index contributed by atoms with van der Waals surface area (Å²) in [6.45, 7) is 4.91. The highest BCUT2D eigenvalue weighted by Crippen LogP contribution is 2.17. The number of benzene rings is 1. The standard InChI is InChI=1S/C12H19NOS/c1-3-13-10-11-4-6-12(7-5-11)15-9-8-14-2/h4-7,13H,3,8-10H2,1-2H3. The molecule has 0 heterocycles. The molecule has 3 heteroatoms. The molecular weight excluding hydrogens is 206 g/mol. The van der Waals surface area contributed by atoms with E-state index in [9.17, 15) is 0 Å². The molecule has 0 saturated carbocycles. The van der Waals surface area contributed by atoms with Gasteiger partial charge < -0.3 is 10.1 Å². The average Bonchev–Trinajstić information content (AvgIpc) is 2.28. The largest absolute Gasteiger partial charge is 0.384 e. The minimum atomic E-state index is 0.809. The van der Waals surface area contributed by atoms with Crippen LogP contribution in [0.1, 0.15) is 12.5 Å². The molecule has 0 unspecified atom stereocenters. The number of methoxy groups -OCH3 is 1. The van der Waals surface area contributed by atoms with Crippen LogP contribution in [0.25, 0.3) is 0 Å². The predicted molar refractivity (Wildman–Crippen MR) is 66.4 cm³/mol. The molecule has 0 spiro atoms. The van der Waals surface area contributed by atoms with Crippen molar-refractivity contribution in [3.05, 3.63) is 29.8 Å². The normalized spacial score (nSPS) is 10.5. The Morgan fingerprint density at radius 2 is 2.00 bits per heavy atom. The lowest BCUT2D eigenvalue weighted by atomic mass is 10.2. The molecule has 0 aliphatic heterocycles. The maximum Gasteiger partial charge on any atom is 0.0556 e. The summed E-state index contributed by atoms with van der Waals surface area (Å²) >= 11 is 1.83. The lowest BCUT2D eigenvalue weighted by Crippen LogP contribution is -2.11. The van der Waals surface area contributed by atoms with Gasteiger partial charge in [-0.15, -0.1) is 11.8 Å². The van der Waals surface area contributed by atoms with E-state index in [-0.39, 0.29) is 0 Å². The first-order valence-electron chi connectivity index (χ1n) is 5.28. The number of hydrogen-bond acceptors (Lipinski definition) is 3. The van der Waals surface area contributed by atoms with Crippen molar-refractivity contribution in [2.45, 2.75) is 18.4 Å². The number of rotatable bonds is 7. The van der Waals surface area contributed by atoms with Crippen molar-refractivity contribution in [3.8, 4) is 0 Å². The number of ether oxygens (including phenoxy) is 1. The first kappa shape index (κ1) is 12.6. The molecule has 0 aliphatic carbocycles. The summed E-state index contributed by atoms with van der Waals surface area (Å²) in [5.41, 5.74) is 1.34. The molecule has 1 rings (SSSR count). The Kier molecular flexibility index (Phi) is 6.48. The lowest BCUT2D eigenvalue weighted by Gasteiger charge is -2.04. The zero-order valence-corrected chi connectivity index (χ0v) is 10.3. The Morgan fingerprint density at radius 3 is 2.60 bits per heavy atom. The van der Waals surface area contributed by atoms with Gasteiger partial charge in [0.1, 0.15) is 0 Å². The fourth-order valence-corrected chi connectivity index (χ4v) is 2.03. The third-order valence-electron chi connectivity index (χ3n) is 2.06. The summed E-state index contributed by atoms with van der Waals surface area (Å²) < 4.78 is 5.01. The quantitative estimate of drug-likeness (QED) is 0.569. The molecule has 0 amide bonds. The van der Waals surface area contributed by atoms with Gasteiger partial charge in [0.05, 0.1) is 6.61 Å². The van der Waals surface area contributed by atoms with Gasteiger partial charge in [-0.05, 0) is 24.2 Å². The number of hydrogen-bond donors (Lipinski definition) is 1. The Bertz CT molecular complexity index is 261. The van der Waals surface area contributed by atoms with Crippen LogP contribution in [0.3, 0.4) is 0 Å². The third-order valence-corrected chi connectivity index (χ3v) is 3.03. The first-order chi connectivity index (χ1) is 7.36. The van der Waals surface area contributed by atoms with Gasteiger partial charge >= 0.3 is 0 Å². The highest BCUT2D eigenvalue weighted by molar-refractivity contribution is 7.99. The molecular formula is C12H19NOS. The van der Waals surface area contributed by atoms with Crippen LogP contribution in [0.15, 0.2) is 29.2 Å². The van der Waals surface area contributed by atoms with Gasteiger partial charge in [-0.25, -0.2) is 0 Å². The summed E-state index contributed by atoms with van der Waals surface area (Å²) in [5, 5.41) is 3.31. The predicted octanol–water partition coefficient (Wildman–Crippen LogP) is 2.53. The van der Waals surface area contributed by atoms with E-state index in [4.69, 9.17) is 4.74 Å².